The number of phenolic OH excluding ortho intramolecular Hbond substituents is 1. The van der Waals surface area contributed by atoms with Gasteiger partial charge in [0.2, 0.25) is 11.8 Å². The van der Waals surface area contributed by atoms with E-state index in [2.05, 4.69) is 69.4 Å². The number of amides is 2. The standard InChI is InChI=1S/C30H25N3O3S2/c34-27-17-16-25(32-21-37)18-26(27)33-28(35)19-31-29(36)20-38-30(22-10-4-1-5-11-22,23-12-6-2-7-13-23)24-14-8-3-9-15-24/h1-18,34H,19-20H2,(H,31,36)(H,33,35). The number of isothiocyanates is 1. The quantitative estimate of drug-likeness (QED) is 0.101. The van der Waals surface area contributed by atoms with E-state index < -0.39 is 10.7 Å². The lowest BCUT2D eigenvalue weighted by Gasteiger charge is -2.35. The SMILES string of the molecule is O=C(CSC(c1ccccc1)(c1ccccc1)c1ccccc1)NCC(=O)Nc1cc(N=C=S)ccc1O. The smallest absolute Gasteiger partial charge is 0.243 e. The van der Waals surface area contributed by atoms with Crippen LogP contribution in [0.1, 0.15) is 16.7 Å². The average Bonchev–Trinajstić information content (AvgIpc) is 2.96. The highest BCUT2D eigenvalue weighted by atomic mass is 32.2. The Kier molecular flexibility index (Phi) is 9.06. The first-order valence-electron chi connectivity index (χ1n) is 11.8. The van der Waals surface area contributed by atoms with Gasteiger partial charge in [-0.15, -0.1) is 11.8 Å². The Bertz CT molecular complexity index is 1350. The Morgan fingerprint density at radius 1 is 0.816 bits per heavy atom. The fourth-order valence-electron chi connectivity index (χ4n) is 4.11. The molecule has 4 aromatic rings. The van der Waals surface area contributed by atoms with E-state index in [1.165, 1.54) is 23.9 Å². The molecule has 0 aliphatic rings. The van der Waals surface area contributed by atoms with Crippen LogP contribution in [0.3, 0.4) is 0 Å². The minimum Gasteiger partial charge on any atom is -0.506 e. The van der Waals surface area contributed by atoms with Crippen molar-refractivity contribution >= 4 is 52.3 Å². The molecule has 6 nitrogen and oxygen atoms in total. The molecule has 0 fully saturated rings. The summed E-state index contributed by atoms with van der Waals surface area (Å²) in [7, 11) is 0. The third-order valence-electron chi connectivity index (χ3n) is 5.84. The topological polar surface area (TPSA) is 90.8 Å². The van der Waals surface area contributed by atoms with E-state index >= 15 is 0 Å². The van der Waals surface area contributed by atoms with Crippen molar-refractivity contribution in [1.29, 1.82) is 0 Å². The van der Waals surface area contributed by atoms with Crippen LogP contribution in [-0.2, 0) is 14.3 Å². The third-order valence-corrected chi connectivity index (χ3v) is 7.47. The lowest BCUT2D eigenvalue weighted by Crippen LogP contribution is -2.35. The van der Waals surface area contributed by atoms with Crippen molar-refractivity contribution < 1.29 is 14.7 Å². The van der Waals surface area contributed by atoms with Gasteiger partial charge < -0.3 is 15.7 Å². The van der Waals surface area contributed by atoms with Gasteiger partial charge in [-0.05, 0) is 47.1 Å². The highest BCUT2D eigenvalue weighted by molar-refractivity contribution is 8.01. The van der Waals surface area contributed by atoms with Crippen LogP contribution in [0.5, 0.6) is 5.75 Å². The van der Waals surface area contributed by atoms with Crippen LogP contribution in [0, 0.1) is 0 Å². The molecule has 3 N–H and O–H groups in total. The second-order valence-electron chi connectivity index (χ2n) is 8.30. The predicted molar refractivity (Wildman–Crippen MR) is 156 cm³/mol. The van der Waals surface area contributed by atoms with E-state index in [4.69, 9.17) is 0 Å². The molecule has 0 bridgehead atoms. The van der Waals surface area contributed by atoms with Crippen LogP contribution in [-0.4, -0.2) is 34.4 Å². The molecular weight excluding hydrogens is 514 g/mol. The van der Waals surface area contributed by atoms with Gasteiger partial charge in [0.25, 0.3) is 0 Å². The van der Waals surface area contributed by atoms with Crippen molar-refractivity contribution in [2.24, 2.45) is 4.99 Å². The zero-order chi connectivity index (χ0) is 26.8. The van der Waals surface area contributed by atoms with Gasteiger partial charge in [0.15, 0.2) is 0 Å². The number of nitrogens with zero attached hydrogens (tertiary/aromatic N) is 1. The summed E-state index contributed by atoms with van der Waals surface area (Å²) in [4.78, 5) is 29.3. The maximum Gasteiger partial charge on any atom is 0.243 e. The van der Waals surface area contributed by atoms with Gasteiger partial charge in [-0.1, -0.05) is 91.0 Å². The molecule has 190 valence electrons. The number of carbonyl (C=O) groups excluding carboxylic acids is 2. The highest BCUT2D eigenvalue weighted by Crippen LogP contribution is 2.48. The Morgan fingerprint density at radius 2 is 1.34 bits per heavy atom. The Labute approximate surface area is 230 Å². The summed E-state index contributed by atoms with van der Waals surface area (Å²) >= 11 is 6.09. The number of nitrogens with one attached hydrogen (secondary N) is 2. The number of hydrogen-bond donors (Lipinski definition) is 3. The number of rotatable bonds is 10. The number of hydrogen-bond acceptors (Lipinski definition) is 6. The molecule has 0 aliphatic carbocycles. The van der Waals surface area contributed by atoms with Gasteiger partial charge in [-0.2, -0.15) is 4.99 Å². The summed E-state index contributed by atoms with van der Waals surface area (Å²) in [5.41, 5.74) is 3.74. The van der Waals surface area contributed by atoms with E-state index in [1.807, 2.05) is 54.6 Å². The number of carbonyl (C=O) groups is 2. The summed E-state index contributed by atoms with van der Waals surface area (Å²) in [6.45, 7) is -0.255. The van der Waals surface area contributed by atoms with E-state index in [9.17, 15) is 14.7 Å². The molecule has 4 rings (SSSR count). The number of aromatic hydroxyl groups is 1. The summed E-state index contributed by atoms with van der Waals surface area (Å²) in [5, 5.41) is 17.5. The minimum absolute atomic E-state index is 0.107. The molecular formula is C30H25N3O3S2. The zero-order valence-electron chi connectivity index (χ0n) is 20.3. The van der Waals surface area contributed by atoms with Crippen molar-refractivity contribution in [2.75, 3.05) is 17.6 Å². The lowest BCUT2D eigenvalue weighted by molar-refractivity contribution is -0.122. The number of phenols is 1. The number of aliphatic imine (C=N–C) groups is 1. The van der Waals surface area contributed by atoms with Gasteiger partial charge in [0.1, 0.15) is 5.75 Å². The van der Waals surface area contributed by atoms with E-state index in [0.29, 0.717) is 5.69 Å². The van der Waals surface area contributed by atoms with Crippen LogP contribution in [0.25, 0.3) is 0 Å². The summed E-state index contributed by atoms with van der Waals surface area (Å²) in [5.74, 6) is -0.791. The fourth-order valence-corrected chi connectivity index (χ4v) is 5.58. The van der Waals surface area contributed by atoms with Crippen LogP contribution in [0.2, 0.25) is 0 Å². The fraction of sp³-hybridized carbons (Fsp3) is 0.100. The Hall–Kier alpha value is -4.23. The number of thiocarbonyl (C=S) groups is 1. The maximum atomic E-state index is 13.0. The van der Waals surface area contributed by atoms with Gasteiger partial charge in [-0.3, -0.25) is 9.59 Å². The first-order chi connectivity index (χ1) is 18.5. The molecule has 0 aromatic heterocycles. The van der Waals surface area contributed by atoms with Gasteiger partial charge in [0.05, 0.1) is 33.6 Å². The van der Waals surface area contributed by atoms with Crippen LogP contribution < -0.4 is 10.6 Å². The van der Waals surface area contributed by atoms with Gasteiger partial charge >= 0.3 is 0 Å². The van der Waals surface area contributed by atoms with Crippen molar-refractivity contribution in [3.63, 3.8) is 0 Å². The van der Waals surface area contributed by atoms with E-state index in [0.717, 1.165) is 16.7 Å². The van der Waals surface area contributed by atoms with E-state index in [-0.39, 0.29) is 29.6 Å². The first-order valence-corrected chi connectivity index (χ1v) is 13.2. The third kappa shape index (κ3) is 6.36. The molecule has 0 unspecified atom stereocenters. The largest absolute Gasteiger partial charge is 0.506 e. The minimum atomic E-state index is -0.641. The number of benzene rings is 4. The summed E-state index contributed by atoms with van der Waals surface area (Å²) < 4.78 is -0.641. The zero-order valence-corrected chi connectivity index (χ0v) is 22.0. The average molecular weight is 540 g/mol. The van der Waals surface area contributed by atoms with Crippen molar-refractivity contribution in [1.82, 2.24) is 5.32 Å². The molecule has 4 aromatic carbocycles. The van der Waals surface area contributed by atoms with E-state index in [1.54, 1.807) is 6.07 Å². The number of thioether (sulfide) groups is 1. The van der Waals surface area contributed by atoms with Crippen molar-refractivity contribution in [3.05, 3.63) is 126 Å². The first kappa shape index (κ1) is 26.8. The molecule has 0 saturated carbocycles. The second-order valence-corrected chi connectivity index (χ2v) is 9.67. The summed E-state index contributed by atoms with van der Waals surface area (Å²) in [6, 6.07) is 34.6. The van der Waals surface area contributed by atoms with Crippen molar-refractivity contribution in [3.8, 4) is 5.75 Å². The van der Waals surface area contributed by atoms with Crippen molar-refractivity contribution in [2.45, 2.75) is 4.75 Å². The highest BCUT2D eigenvalue weighted by Gasteiger charge is 2.37. The van der Waals surface area contributed by atoms with Crippen LogP contribution in [0.4, 0.5) is 11.4 Å². The molecule has 0 aliphatic heterocycles. The van der Waals surface area contributed by atoms with Crippen LogP contribution in [0.15, 0.2) is 114 Å². The monoisotopic (exact) mass is 539 g/mol. The molecule has 0 heterocycles. The predicted octanol–water partition coefficient (Wildman–Crippen LogP) is 5.91. The van der Waals surface area contributed by atoms with Gasteiger partial charge in [0, 0.05) is 0 Å². The van der Waals surface area contributed by atoms with Crippen LogP contribution >= 0.6 is 24.0 Å². The number of anilines is 1. The molecule has 2 amide bonds. The molecule has 38 heavy (non-hydrogen) atoms. The molecule has 8 heteroatoms. The molecule has 0 spiro atoms. The maximum absolute atomic E-state index is 13.0. The lowest BCUT2D eigenvalue weighted by atomic mass is 9.84. The molecule has 0 radical (unpaired) electrons. The molecule has 0 atom stereocenters. The Morgan fingerprint density at radius 3 is 1.84 bits per heavy atom. The summed E-state index contributed by atoms with van der Waals surface area (Å²) in [6.07, 6.45) is 0. The Balaban J connectivity index is 1.51. The normalized spacial score (nSPS) is 10.7. The van der Waals surface area contributed by atoms with Gasteiger partial charge in [-0.25, -0.2) is 0 Å². The second kappa shape index (κ2) is 12.8. The molecule has 0 saturated heterocycles.